The summed E-state index contributed by atoms with van der Waals surface area (Å²) in [5.41, 5.74) is 0. The van der Waals surface area contributed by atoms with Crippen molar-refractivity contribution in [2.45, 2.75) is 77.0 Å². The minimum atomic E-state index is -0.692. The van der Waals surface area contributed by atoms with Crippen LogP contribution in [0.25, 0.3) is 0 Å². The molecule has 124 valence electrons. The van der Waals surface area contributed by atoms with Gasteiger partial charge in [0.15, 0.2) is 0 Å². The van der Waals surface area contributed by atoms with Gasteiger partial charge in [-0.3, -0.25) is 9.69 Å². The Balaban J connectivity index is 2.16. The van der Waals surface area contributed by atoms with Crippen LogP contribution >= 0.6 is 0 Å². The highest BCUT2D eigenvalue weighted by Crippen LogP contribution is 2.14. The largest absolute Gasteiger partial charge is 0.390 e. The van der Waals surface area contributed by atoms with Crippen LogP contribution in [0.2, 0.25) is 0 Å². The maximum atomic E-state index is 11.1. The molecule has 0 unspecified atom stereocenters. The Morgan fingerprint density at radius 1 is 1.05 bits per heavy atom. The smallest absolute Gasteiger partial charge is 0.217 e. The highest BCUT2D eigenvalue weighted by molar-refractivity contribution is 5.73. The normalized spacial score (nSPS) is 26.8. The van der Waals surface area contributed by atoms with Crippen LogP contribution in [0.4, 0.5) is 0 Å². The number of carbonyl (C=O) groups is 1. The highest BCUT2D eigenvalue weighted by atomic mass is 16.3. The van der Waals surface area contributed by atoms with E-state index in [1.54, 1.807) is 0 Å². The van der Waals surface area contributed by atoms with Crippen molar-refractivity contribution in [1.29, 1.82) is 0 Å². The minimum Gasteiger partial charge on any atom is -0.390 e. The number of aliphatic hydroxyl groups is 2. The number of nitrogens with zero attached hydrogens (tertiary/aromatic N) is 1. The Morgan fingerprint density at radius 3 is 2.10 bits per heavy atom. The molecule has 0 spiro atoms. The van der Waals surface area contributed by atoms with Gasteiger partial charge in [-0.05, 0) is 13.0 Å². The molecule has 0 aromatic heterocycles. The summed E-state index contributed by atoms with van der Waals surface area (Å²) in [6.07, 6.45) is 7.45. The van der Waals surface area contributed by atoms with Crippen molar-refractivity contribution in [3.8, 4) is 0 Å². The van der Waals surface area contributed by atoms with E-state index in [0.29, 0.717) is 13.1 Å². The number of β-amino-alcohol motifs (C(OH)–C–C–N with tert-alkyl or cyclic N) is 2. The molecule has 0 saturated carbocycles. The summed E-state index contributed by atoms with van der Waals surface area (Å²) in [4.78, 5) is 13.2. The molecule has 0 aromatic carbocycles. The lowest BCUT2D eigenvalue weighted by atomic mass is 9.98. The third-order valence-corrected chi connectivity index (χ3v) is 4.17. The summed E-state index contributed by atoms with van der Waals surface area (Å²) in [5.74, 6) is -0.210. The molecule has 3 atom stereocenters. The molecule has 0 aliphatic carbocycles. The maximum Gasteiger partial charge on any atom is 0.217 e. The predicted octanol–water partition coefficient (Wildman–Crippen LogP) is 1.28. The predicted molar refractivity (Wildman–Crippen MR) is 84.1 cm³/mol. The van der Waals surface area contributed by atoms with Crippen molar-refractivity contribution >= 4 is 5.91 Å². The van der Waals surface area contributed by atoms with Gasteiger partial charge in [0.05, 0.1) is 18.2 Å². The van der Waals surface area contributed by atoms with Gasteiger partial charge < -0.3 is 15.5 Å². The standard InChI is InChI=1S/C16H32N2O3/c1-3-4-5-6-7-8-9-10-18-11-14(20)16(15(21)12-18)17-13(2)19/h14-16,20-21H,3-12H2,1-2H3,(H,17,19)/t14-,15+,16+. The summed E-state index contributed by atoms with van der Waals surface area (Å²) in [6.45, 7) is 5.59. The van der Waals surface area contributed by atoms with Crippen LogP contribution in [0.1, 0.15) is 58.8 Å². The summed E-state index contributed by atoms with van der Waals surface area (Å²) >= 11 is 0. The SMILES string of the molecule is CCCCCCCCCN1C[C@@H](O)[C@H](NC(C)=O)[C@@H](O)C1. The van der Waals surface area contributed by atoms with Gasteiger partial charge in [-0.25, -0.2) is 0 Å². The Kier molecular flexibility index (Phi) is 8.88. The maximum absolute atomic E-state index is 11.1. The van der Waals surface area contributed by atoms with Crippen LogP contribution in [0.5, 0.6) is 0 Å². The number of amides is 1. The van der Waals surface area contributed by atoms with Crippen LogP contribution < -0.4 is 5.32 Å². The van der Waals surface area contributed by atoms with Crippen molar-refractivity contribution < 1.29 is 15.0 Å². The van der Waals surface area contributed by atoms with E-state index in [1.165, 1.54) is 45.4 Å². The van der Waals surface area contributed by atoms with Gasteiger partial charge in [0, 0.05) is 20.0 Å². The molecule has 1 fully saturated rings. The fourth-order valence-corrected chi connectivity index (χ4v) is 2.99. The lowest BCUT2D eigenvalue weighted by Gasteiger charge is -2.39. The molecule has 1 aliphatic heterocycles. The number of likely N-dealkylation sites (tertiary alicyclic amines) is 1. The third kappa shape index (κ3) is 7.25. The van der Waals surface area contributed by atoms with Crippen molar-refractivity contribution in [3.63, 3.8) is 0 Å². The zero-order valence-electron chi connectivity index (χ0n) is 13.6. The molecule has 5 nitrogen and oxygen atoms in total. The van der Waals surface area contributed by atoms with E-state index in [2.05, 4.69) is 17.1 Å². The van der Waals surface area contributed by atoms with E-state index in [0.717, 1.165) is 13.0 Å². The Hall–Kier alpha value is -0.650. The number of piperidine rings is 1. The molecule has 1 heterocycles. The van der Waals surface area contributed by atoms with Crippen molar-refractivity contribution in [1.82, 2.24) is 10.2 Å². The molecule has 21 heavy (non-hydrogen) atoms. The van der Waals surface area contributed by atoms with E-state index >= 15 is 0 Å². The van der Waals surface area contributed by atoms with Gasteiger partial charge in [-0.15, -0.1) is 0 Å². The molecular weight excluding hydrogens is 268 g/mol. The second kappa shape index (κ2) is 10.1. The van der Waals surface area contributed by atoms with E-state index in [9.17, 15) is 15.0 Å². The second-order valence-electron chi connectivity index (χ2n) is 6.24. The van der Waals surface area contributed by atoms with Crippen LogP contribution in [0.3, 0.4) is 0 Å². The van der Waals surface area contributed by atoms with Gasteiger partial charge in [0.1, 0.15) is 0 Å². The number of aliphatic hydroxyl groups excluding tert-OH is 2. The molecule has 0 bridgehead atoms. The molecule has 0 aromatic rings. The Labute approximate surface area is 128 Å². The van der Waals surface area contributed by atoms with E-state index < -0.39 is 18.2 Å². The third-order valence-electron chi connectivity index (χ3n) is 4.17. The van der Waals surface area contributed by atoms with Gasteiger partial charge in [-0.2, -0.15) is 0 Å². The van der Waals surface area contributed by atoms with Gasteiger partial charge in [0.25, 0.3) is 0 Å². The molecular formula is C16H32N2O3. The Bertz CT molecular complexity index is 287. The Morgan fingerprint density at radius 2 is 1.57 bits per heavy atom. The second-order valence-corrected chi connectivity index (χ2v) is 6.24. The average Bonchev–Trinajstić information content (AvgIpc) is 2.42. The minimum absolute atomic E-state index is 0.210. The topological polar surface area (TPSA) is 72.8 Å². The van der Waals surface area contributed by atoms with Crippen molar-refractivity contribution in [3.05, 3.63) is 0 Å². The highest BCUT2D eigenvalue weighted by Gasteiger charge is 2.34. The fraction of sp³-hybridized carbons (Fsp3) is 0.938. The number of rotatable bonds is 9. The molecule has 1 saturated heterocycles. The van der Waals surface area contributed by atoms with E-state index in [-0.39, 0.29) is 5.91 Å². The number of carbonyl (C=O) groups excluding carboxylic acids is 1. The molecule has 1 aliphatic rings. The average molecular weight is 300 g/mol. The first-order valence-corrected chi connectivity index (χ1v) is 8.40. The molecule has 3 N–H and O–H groups in total. The molecule has 1 amide bonds. The number of nitrogens with one attached hydrogen (secondary N) is 1. The van der Waals surface area contributed by atoms with Crippen molar-refractivity contribution in [2.75, 3.05) is 19.6 Å². The first-order valence-electron chi connectivity index (χ1n) is 8.40. The lowest BCUT2D eigenvalue weighted by molar-refractivity contribution is -0.123. The summed E-state index contributed by atoms with van der Waals surface area (Å²) < 4.78 is 0. The van der Waals surface area contributed by atoms with Crippen LogP contribution in [-0.2, 0) is 4.79 Å². The van der Waals surface area contributed by atoms with Crippen LogP contribution in [0, 0.1) is 0 Å². The van der Waals surface area contributed by atoms with E-state index in [1.807, 2.05) is 0 Å². The van der Waals surface area contributed by atoms with Crippen LogP contribution in [-0.4, -0.2) is 58.9 Å². The van der Waals surface area contributed by atoms with Gasteiger partial charge in [0.2, 0.25) is 5.91 Å². The first kappa shape index (κ1) is 18.4. The van der Waals surface area contributed by atoms with E-state index in [4.69, 9.17) is 0 Å². The summed E-state index contributed by atoms with van der Waals surface area (Å²) in [6, 6.07) is -0.534. The van der Waals surface area contributed by atoms with Gasteiger partial charge >= 0.3 is 0 Å². The molecule has 0 radical (unpaired) electrons. The number of unbranched alkanes of at least 4 members (excludes halogenated alkanes) is 6. The van der Waals surface area contributed by atoms with Crippen molar-refractivity contribution in [2.24, 2.45) is 0 Å². The lowest BCUT2D eigenvalue weighted by Crippen LogP contribution is -2.61. The monoisotopic (exact) mass is 300 g/mol. The zero-order valence-corrected chi connectivity index (χ0v) is 13.6. The molecule has 1 rings (SSSR count). The summed E-state index contributed by atoms with van der Waals surface area (Å²) in [7, 11) is 0. The zero-order chi connectivity index (χ0) is 15.7. The fourth-order valence-electron chi connectivity index (χ4n) is 2.99. The summed E-state index contributed by atoms with van der Waals surface area (Å²) in [5, 5.41) is 22.7. The first-order chi connectivity index (χ1) is 10.0. The number of hydrogen-bond acceptors (Lipinski definition) is 4. The quantitative estimate of drug-likeness (QED) is 0.561. The number of hydrogen-bond donors (Lipinski definition) is 3. The van der Waals surface area contributed by atoms with Gasteiger partial charge in [-0.1, -0.05) is 45.4 Å². The molecule has 5 heteroatoms. The van der Waals surface area contributed by atoms with Crippen LogP contribution in [0.15, 0.2) is 0 Å².